The minimum atomic E-state index is 0.213. The highest BCUT2D eigenvalue weighted by Crippen LogP contribution is 2.20. The highest BCUT2D eigenvalue weighted by molar-refractivity contribution is 5.29. The zero-order valence-corrected chi connectivity index (χ0v) is 10.6. The summed E-state index contributed by atoms with van der Waals surface area (Å²) in [5, 5.41) is 0. The maximum Gasteiger partial charge on any atom is 0.119 e. The van der Waals surface area contributed by atoms with Crippen molar-refractivity contribution in [3.05, 3.63) is 29.8 Å². The van der Waals surface area contributed by atoms with Gasteiger partial charge in [0.15, 0.2) is 0 Å². The van der Waals surface area contributed by atoms with Gasteiger partial charge in [-0.3, -0.25) is 0 Å². The van der Waals surface area contributed by atoms with Gasteiger partial charge in [-0.25, -0.2) is 0 Å². The van der Waals surface area contributed by atoms with E-state index < -0.39 is 0 Å². The molecule has 0 aliphatic rings. The average molecular weight is 222 g/mol. The summed E-state index contributed by atoms with van der Waals surface area (Å²) in [6, 6.07) is 8.43. The third-order valence-corrected chi connectivity index (χ3v) is 2.48. The van der Waals surface area contributed by atoms with Crippen molar-refractivity contribution in [1.29, 1.82) is 0 Å². The lowest BCUT2D eigenvalue weighted by Crippen LogP contribution is -2.27. The van der Waals surface area contributed by atoms with E-state index in [0.717, 1.165) is 5.75 Å². The van der Waals surface area contributed by atoms with Gasteiger partial charge < -0.3 is 15.4 Å². The molecule has 3 heteroatoms. The maximum absolute atomic E-state index is 5.75. The first-order valence-electron chi connectivity index (χ1n) is 5.67. The van der Waals surface area contributed by atoms with Gasteiger partial charge in [0.1, 0.15) is 5.75 Å². The van der Waals surface area contributed by atoms with Crippen molar-refractivity contribution >= 4 is 0 Å². The SMILES string of the molecule is CC(C)Oc1ccc([C@@H](CN)N(C)C)cc1. The summed E-state index contributed by atoms with van der Waals surface area (Å²) in [6.45, 7) is 4.67. The van der Waals surface area contributed by atoms with Crippen LogP contribution in [0.25, 0.3) is 0 Å². The van der Waals surface area contributed by atoms with Gasteiger partial charge in [-0.2, -0.15) is 0 Å². The molecule has 0 aliphatic heterocycles. The summed E-state index contributed by atoms with van der Waals surface area (Å²) < 4.78 is 5.60. The van der Waals surface area contributed by atoms with Gasteiger partial charge in [0, 0.05) is 12.6 Å². The quantitative estimate of drug-likeness (QED) is 0.828. The molecule has 16 heavy (non-hydrogen) atoms. The number of likely N-dealkylation sites (N-methyl/N-ethyl adjacent to an activating group) is 1. The number of benzene rings is 1. The van der Waals surface area contributed by atoms with Gasteiger partial charge in [0.25, 0.3) is 0 Å². The Labute approximate surface area is 98.2 Å². The van der Waals surface area contributed by atoms with Crippen LogP contribution in [0, 0.1) is 0 Å². The molecule has 1 aromatic rings. The Morgan fingerprint density at radius 3 is 2.12 bits per heavy atom. The molecule has 0 saturated heterocycles. The molecule has 0 fully saturated rings. The van der Waals surface area contributed by atoms with Gasteiger partial charge in [-0.15, -0.1) is 0 Å². The Bertz CT molecular complexity index is 306. The van der Waals surface area contributed by atoms with E-state index in [2.05, 4.69) is 17.0 Å². The number of hydrogen-bond donors (Lipinski definition) is 1. The average Bonchev–Trinajstić information content (AvgIpc) is 2.20. The van der Waals surface area contributed by atoms with E-state index >= 15 is 0 Å². The number of rotatable bonds is 5. The minimum absolute atomic E-state index is 0.213. The van der Waals surface area contributed by atoms with Crippen molar-refractivity contribution in [1.82, 2.24) is 4.90 Å². The van der Waals surface area contributed by atoms with Crippen molar-refractivity contribution in [2.45, 2.75) is 26.0 Å². The smallest absolute Gasteiger partial charge is 0.119 e. The summed E-state index contributed by atoms with van der Waals surface area (Å²) >= 11 is 0. The van der Waals surface area contributed by atoms with Crippen molar-refractivity contribution in [3.8, 4) is 5.75 Å². The second-order valence-electron chi connectivity index (χ2n) is 4.45. The number of hydrogen-bond acceptors (Lipinski definition) is 3. The van der Waals surface area contributed by atoms with E-state index in [4.69, 9.17) is 10.5 Å². The minimum Gasteiger partial charge on any atom is -0.491 e. The summed E-state index contributed by atoms with van der Waals surface area (Å²) in [6.07, 6.45) is 0.213. The summed E-state index contributed by atoms with van der Waals surface area (Å²) in [5.41, 5.74) is 6.98. The Balaban J connectivity index is 2.77. The van der Waals surface area contributed by atoms with Crippen LogP contribution >= 0.6 is 0 Å². The predicted molar refractivity (Wildman–Crippen MR) is 67.7 cm³/mol. The second-order valence-corrected chi connectivity index (χ2v) is 4.45. The van der Waals surface area contributed by atoms with E-state index in [-0.39, 0.29) is 12.1 Å². The Morgan fingerprint density at radius 2 is 1.75 bits per heavy atom. The van der Waals surface area contributed by atoms with Crippen molar-refractivity contribution < 1.29 is 4.74 Å². The van der Waals surface area contributed by atoms with E-state index in [9.17, 15) is 0 Å². The first-order valence-corrected chi connectivity index (χ1v) is 5.67. The topological polar surface area (TPSA) is 38.5 Å². The van der Waals surface area contributed by atoms with Crippen LogP contribution in [0.2, 0.25) is 0 Å². The molecule has 0 saturated carbocycles. The lowest BCUT2D eigenvalue weighted by molar-refractivity contribution is 0.242. The van der Waals surface area contributed by atoms with Crippen LogP contribution in [0.5, 0.6) is 5.75 Å². The van der Waals surface area contributed by atoms with Crippen LogP contribution in [-0.4, -0.2) is 31.6 Å². The van der Waals surface area contributed by atoms with Crippen LogP contribution in [0.15, 0.2) is 24.3 Å². The molecule has 0 bridgehead atoms. The van der Waals surface area contributed by atoms with Crippen LogP contribution in [0.4, 0.5) is 0 Å². The molecule has 2 N–H and O–H groups in total. The summed E-state index contributed by atoms with van der Waals surface area (Å²) in [7, 11) is 4.08. The molecule has 1 rings (SSSR count). The third kappa shape index (κ3) is 3.51. The fraction of sp³-hybridized carbons (Fsp3) is 0.538. The van der Waals surface area contributed by atoms with E-state index in [1.165, 1.54) is 5.56 Å². The van der Waals surface area contributed by atoms with Crippen molar-refractivity contribution in [2.24, 2.45) is 5.73 Å². The molecule has 3 nitrogen and oxygen atoms in total. The van der Waals surface area contributed by atoms with Crippen LogP contribution in [0.1, 0.15) is 25.5 Å². The molecule has 0 aromatic heterocycles. The standard InChI is InChI=1S/C13H22N2O/c1-10(2)16-12-7-5-11(6-8-12)13(9-14)15(3)4/h5-8,10,13H,9,14H2,1-4H3/t13-/m1/s1. The molecular formula is C13H22N2O. The Hall–Kier alpha value is -1.06. The van der Waals surface area contributed by atoms with E-state index in [1.54, 1.807) is 0 Å². The molecule has 1 aromatic carbocycles. The molecular weight excluding hydrogens is 200 g/mol. The van der Waals surface area contributed by atoms with Crippen LogP contribution in [-0.2, 0) is 0 Å². The van der Waals surface area contributed by atoms with Crippen molar-refractivity contribution in [3.63, 3.8) is 0 Å². The molecule has 0 spiro atoms. The molecule has 90 valence electrons. The lowest BCUT2D eigenvalue weighted by Gasteiger charge is -2.23. The maximum atomic E-state index is 5.75. The Kier molecular flexibility index (Phi) is 4.77. The highest BCUT2D eigenvalue weighted by atomic mass is 16.5. The van der Waals surface area contributed by atoms with Gasteiger partial charge in [0.05, 0.1) is 6.10 Å². The molecule has 0 radical (unpaired) electrons. The lowest BCUT2D eigenvalue weighted by atomic mass is 10.1. The largest absolute Gasteiger partial charge is 0.491 e. The molecule has 1 atom stereocenters. The summed E-state index contributed by atoms with van der Waals surface area (Å²) in [4.78, 5) is 2.12. The molecule has 0 aliphatic carbocycles. The van der Waals surface area contributed by atoms with E-state index in [0.29, 0.717) is 6.54 Å². The highest BCUT2D eigenvalue weighted by Gasteiger charge is 2.11. The Morgan fingerprint density at radius 1 is 1.19 bits per heavy atom. The monoisotopic (exact) mass is 222 g/mol. The fourth-order valence-corrected chi connectivity index (χ4v) is 1.69. The normalized spacial score (nSPS) is 13.2. The molecule has 0 amide bonds. The van der Waals surface area contributed by atoms with Gasteiger partial charge in [-0.05, 0) is 45.6 Å². The summed E-state index contributed by atoms with van der Waals surface area (Å²) in [5.74, 6) is 0.910. The predicted octanol–water partition coefficient (Wildman–Crippen LogP) is 2.04. The van der Waals surface area contributed by atoms with Crippen LogP contribution in [0.3, 0.4) is 0 Å². The van der Waals surface area contributed by atoms with Gasteiger partial charge in [-0.1, -0.05) is 12.1 Å². The zero-order chi connectivity index (χ0) is 12.1. The van der Waals surface area contributed by atoms with E-state index in [1.807, 2.05) is 40.1 Å². The first kappa shape index (κ1) is 13.0. The van der Waals surface area contributed by atoms with Gasteiger partial charge >= 0.3 is 0 Å². The number of ether oxygens (including phenoxy) is 1. The van der Waals surface area contributed by atoms with Crippen LogP contribution < -0.4 is 10.5 Å². The molecule has 0 heterocycles. The zero-order valence-electron chi connectivity index (χ0n) is 10.6. The fourth-order valence-electron chi connectivity index (χ4n) is 1.69. The van der Waals surface area contributed by atoms with Crippen molar-refractivity contribution in [2.75, 3.05) is 20.6 Å². The van der Waals surface area contributed by atoms with Gasteiger partial charge in [0.2, 0.25) is 0 Å². The second kappa shape index (κ2) is 5.87. The first-order chi connectivity index (χ1) is 7.54. The number of nitrogens with two attached hydrogens (primary N) is 1. The third-order valence-electron chi connectivity index (χ3n) is 2.48. The molecule has 0 unspecified atom stereocenters. The number of nitrogens with zero attached hydrogens (tertiary/aromatic N) is 1.